The summed E-state index contributed by atoms with van der Waals surface area (Å²) in [7, 11) is -9.03. The van der Waals surface area contributed by atoms with E-state index in [1.165, 1.54) is 0 Å². The van der Waals surface area contributed by atoms with Crippen molar-refractivity contribution in [2.45, 2.75) is 149 Å². The number of rotatable bonds is 1. The topological polar surface area (TPSA) is 0 Å². The van der Waals surface area contributed by atoms with Crippen LogP contribution in [-0.4, -0.2) is 108 Å². The minimum atomic E-state index is -0.932. The molecule has 2 aliphatic rings. The maximum absolute atomic E-state index is 2.82. The molecule has 0 atom stereocenters. The van der Waals surface area contributed by atoms with Gasteiger partial charge in [-0.15, -0.1) is 0 Å². The molecule has 242 valence electrons. The molecule has 0 aliphatic carbocycles. The van der Waals surface area contributed by atoms with E-state index in [2.05, 4.69) is 179 Å². The van der Waals surface area contributed by atoms with Crippen molar-refractivity contribution in [1.82, 2.24) is 0 Å². The van der Waals surface area contributed by atoms with Crippen LogP contribution in [0.3, 0.4) is 0 Å². The van der Waals surface area contributed by atoms with Crippen molar-refractivity contribution in [2.75, 3.05) is 0 Å². The Morgan fingerprint density at radius 1 is 0.381 bits per heavy atom. The van der Waals surface area contributed by atoms with Crippen LogP contribution in [-0.2, 0) is 0 Å². The second-order valence-corrected chi connectivity index (χ2v) is 159. The van der Waals surface area contributed by atoms with Crippen molar-refractivity contribution in [1.29, 1.82) is 0 Å². The van der Waals surface area contributed by atoms with Crippen molar-refractivity contribution >= 4 is 111 Å². The van der Waals surface area contributed by atoms with E-state index >= 15 is 0 Å². The Bertz CT molecular complexity index is 949. The van der Waals surface area contributed by atoms with Crippen LogP contribution in [0.4, 0.5) is 0 Å². The number of hydrogen-bond acceptors (Lipinski definition) is 0. The molecule has 2 heterocycles. The molecule has 2 saturated heterocycles. The Kier molecular flexibility index (Phi) is 13.4. The predicted octanol–water partition coefficient (Wildman–Crippen LogP) is 9.34. The van der Waals surface area contributed by atoms with Crippen LogP contribution >= 0.6 is 0 Å². The average molecular weight is 879 g/mol. The molecule has 1 aromatic rings. The molecule has 0 bridgehead atoms. The van der Waals surface area contributed by atoms with Gasteiger partial charge in [-0.3, -0.25) is 0 Å². The predicted molar refractivity (Wildman–Crippen MR) is 236 cm³/mol. The summed E-state index contributed by atoms with van der Waals surface area (Å²) in [5.41, 5.74) is 0. The van der Waals surface area contributed by atoms with Crippen LogP contribution in [0.5, 0.6) is 0 Å². The van der Waals surface area contributed by atoms with Crippen molar-refractivity contribution in [3.05, 3.63) is 30.3 Å². The molecule has 2 aliphatic heterocycles. The first-order valence-electron chi connectivity index (χ1n) is 16.7. The number of hydrogen-bond donors (Lipinski definition) is 0. The van der Waals surface area contributed by atoms with E-state index in [1.807, 2.05) is 0 Å². The molecule has 0 unspecified atom stereocenters. The first-order valence-corrected chi connectivity index (χ1v) is 66.9. The molecule has 0 spiro atoms. The van der Waals surface area contributed by atoms with Crippen LogP contribution in [0.1, 0.15) is 0 Å². The van der Waals surface area contributed by atoms with Crippen molar-refractivity contribution in [3.8, 4) is 0 Å². The third-order valence-electron chi connectivity index (χ3n) is 17.3. The molecule has 0 nitrogen and oxygen atoms in total. The van der Waals surface area contributed by atoms with Gasteiger partial charge < -0.3 is 0 Å². The average Bonchev–Trinajstić information content (AvgIpc) is 2.86. The second kappa shape index (κ2) is 13.2. The standard InChI is InChI=1S/2C11H33Si6.C6H5.CH3.Sn/c2*1-12-13(2,3)15(6,7)17(10,11)16(8,9)14(12,4)5;1-2-4-6-5-3-1;;/h2*1-11H3;1-5H;1H3;. The van der Waals surface area contributed by atoms with E-state index in [4.69, 9.17) is 0 Å². The van der Waals surface area contributed by atoms with Gasteiger partial charge in [0.25, 0.3) is 0 Å². The summed E-state index contributed by atoms with van der Waals surface area (Å²) >= 11 is -0.144. The Morgan fingerprint density at radius 2 is 0.595 bits per heavy atom. The summed E-state index contributed by atoms with van der Waals surface area (Å²) in [5, 5.41) is 0. The Balaban J connectivity index is 0.000000335. The van der Waals surface area contributed by atoms with E-state index < -0.39 is 71.1 Å². The molecule has 13 heteroatoms. The Morgan fingerprint density at radius 3 is 0.762 bits per heavy atom. The molecule has 0 aromatic heterocycles. The zero-order valence-electron chi connectivity index (χ0n) is 32.9. The number of benzene rings is 1. The van der Waals surface area contributed by atoms with Gasteiger partial charge in [0.05, 0.1) is 0 Å². The zero-order valence-corrected chi connectivity index (χ0v) is 47.7. The fraction of sp³-hybridized carbons (Fsp3) is 0.793. The monoisotopic (exact) mass is 878 g/mol. The zero-order chi connectivity index (χ0) is 34.0. The van der Waals surface area contributed by atoms with Gasteiger partial charge in [-0.2, -0.15) is 0 Å². The van der Waals surface area contributed by atoms with E-state index in [0.29, 0.717) is 0 Å². The maximum atomic E-state index is 2.82. The molecule has 0 amide bonds. The quantitative estimate of drug-likeness (QED) is 0.247. The van der Waals surface area contributed by atoms with Gasteiger partial charge in [-0.1, -0.05) is 144 Å². The van der Waals surface area contributed by atoms with E-state index in [9.17, 15) is 0 Å². The molecule has 0 N–H and O–H groups in total. The fourth-order valence-electron chi connectivity index (χ4n) is 8.73. The van der Waals surface area contributed by atoms with Crippen LogP contribution in [0.2, 0.25) is 149 Å². The van der Waals surface area contributed by atoms with Gasteiger partial charge >= 0.3 is 60.0 Å². The van der Waals surface area contributed by atoms with Crippen LogP contribution < -0.4 is 3.58 Å². The summed E-state index contributed by atoms with van der Waals surface area (Å²) < 4.78 is 1.58. The Labute approximate surface area is 287 Å². The summed E-state index contributed by atoms with van der Waals surface area (Å²) in [6.45, 7) is 61.8. The van der Waals surface area contributed by atoms with Crippen molar-refractivity contribution < 1.29 is 0 Å². The molecular formula is C29H74Si12Sn. The molecular weight excluding hydrogens is 804 g/mol. The van der Waals surface area contributed by atoms with Crippen LogP contribution in [0.15, 0.2) is 30.3 Å². The van der Waals surface area contributed by atoms with Gasteiger partial charge in [-0.05, 0) is 0 Å². The molecule has 2 fully saturated rings. The van der Waals surface area contributed by atoms with Gasteiger partial charge in [0, 0.05) is 86.8 Å². The van der Waals surface area contributed by atoms with Crippen LogP contribution in [0, 0.1) is 0 Å². The molecule has 1 aromatic carbocycles. The van der Waals surface area contributed by atoms with Gasteiger partial charge in [0.2, 0.25) is 0 Å². The van der Waals surface area contributed by atoms with E-state index in [-0.39, 0.29) is 36.8 Å². The van der Waals surface area contributed by atoms with Crippen molar-refractivity contribution in [3.63, 3.8) is 0 Å². The first-order chi connectivity index (χ1) is 18.2. The summed E-state index contributed by atoms with van der Waals surface area (Å²) in [5.74, 6) is 0. The van der Waals surface area contributed by atoms with Gasteiger partial charge in [-0.25, -0.2) is 0 Å². The first kappa shape index (κ1) is 42.6. The SMILES string of the molecule is C[Si]1[Si](C)(C)[Si](C)(C)[Si](C)(C)[Si](C)(C)[Si]1(C)C.C[Si]1[Si](C)(C)[Si](C)(C)[Si](C)(C)[Si](C)(C)[Si]1(C)C.[CH3][Sn][c]1ccccc1. The third-order valence-corrected chi connectivity index (χ3v) is 303. The van der Waals surface area contributed by atoms with Crippen LogP contribution in [0.25, 0.3) is 0 Å². The molecule has 42 heavy (non-hydrogen) atoms. The van der Waals surface area contributed by atoms with Gasteiger partial charge in [0.15, 0.2) is 0 Å². The molecule has 3 rings (SSSR count). The summed E-state index contributed by atoms with van der Waals surface area (Å²) in [6.07, 6.45) is 0. The summed E-state index contributed by atoms with van der Waals surface area (Å²) in [4.78, 5) is 2.33. The third kappa shape index (κ3) is 6.26. The normalized spacial score (nSPS) is 28.7. The molecule has 4 radical (unpaired) electrons. The Hall–Kier alpha value is 2.62. The summed E-state index contributed by atoms with van der Waals surface area (Å²) in [6, 6.07) is 10.7. The minimum absolute atomic E-state index is 0.00725. The van der Waals surface area contributed by atoms with E-state index in [0.717, 1.165) is 0 Å². The fourth-order valence-corrected chi connectivity index (χ4v) is 451. The van der Waals surface area contributed by atoms with Gasteiger partial charge in [0.1, 0.15) is 0 Å². The van der Waals surface area contributed by atoms with E-state index in [1.54, 1.807) is 3.58 Å². The second-order valence-electron chi connectivity index (χ2n) is 19.1. The van der Waals surface area contributed by atoms with Crippen molar-refractivity contribution in [2.24, 2.45) is 0 Å². The molecule has 0 saturated carbocycles.